The molecule has 0 radical (unpaired) electrons. The summed E-state index contributed by atoms with van der Waals surface area (Å²) in [5, 5.41) is 9.36. The van der Waals surface area contributed by atoms with Crippen molar-refractivity contribution in [2.75, 3.05) is 0 Å². The van der Waals surface area contributed by atoms with Crippen LogP contribution in [0.1, 0.15) is 18.1 Å². The Bertz CT molecular complexity index is 1830. The Kier molecular flexibility index (Phi) is 3.22. The molecule has 2 aromatic heterocycles. The maximum Gasteiger partial charge on any atom is 0.136 e. The summed E-state index contributed by atoms with van der Waals surface area (Å²) in [6, 6.07) is 26.3. The van der Waals surface area contributed by atoms with Crippen molar-refractivity contribution in [1.82, 2.24) is 0 Å². The molecule has 0 saturated heterocycles. The van der Waals surface area contributed by atoms with E-state index in [1.54, 1.807) is 0 Å². The largest absolute Gasteiger partial charge is 0.456 e. The van der Waals surface area contributed by atoms with Crippen molar-refractivity contribution >= 4 is 65.4 Å². The number of rotatable bonds is 1. The number of furan rings is 2. The first kappa shape index (κ1) is 17.0. The van der Waals surface area contributed by atoms with Gasteiger partial charge in [0.1, 0.15) is 22.3 Å². The molecule has 7 aromatic rings. The summed E-state index contributed by atoms with van der Waals surface area (Å²) in [5.41, 5.74) is 6.26. The van der Waals surface area contributed by atoms with E-state index in [2.05, 4.69) is 86.6 Å². The monoisotopic (exact) mass is 400 g/mol. The lowest BCUT2D eigenvalue weighted by Gasteiger charge is -2.01. The average molecular weight is 400 g/mol. The van der Waals surface area contributed by atoms with Gasteiger partial charge in [-0.1, -0.05) is 48.9 Å². The summed E-state index contributed by atoms with van der Waals surface area (Å²) in [6.07, 6.45) is 1.04. The van der Waals surface area contributed by atoms with E-state index < -0.39 is 0 Å². The first-order valence-corrected chi connectivity index (χ1v) is 10.8. The molecule has 0 saturated carbocycles. The molecule has 0 fully saturated rings. The topological polar surface area (TPSA) is 26.3 Å². The maximum atomic E-state index is 6.31. The molecular weight excluding hydrogens is 380 g/mol. The van der Waals surface area contributed by atoms with Crippen LogP contribution >= 0.6 is 0 Å². The molecule has 0 aliphatic carbocycles. The van der Waals surface area contributed by atoms with Gasteiger partial charge in [-0.05, 0) is 76.9 Å². The van der Waals surface area contributed by atoms with Crippen molar-refractivity contribution < 1.29 is 8.83 Å². The van der Waals surface area contributed by atoms with Crippen LogP contribution in [0.3, 0.4) is 0 Å². The fourth-order valence-electron chi connectivity index (χ4n) is 4.92. The van der Waals surface area contributed by atoms with Crippen molar-refractivity contribution in [2.24, 2.45) is 0 Å². The van der Waals surface area contributed by atoms with Crippen molar-refractivity contribution in [3.63, 3.8) is 0 Å². The number of hydrogen-bond acceptors (Lipinski definition) is 2. The lowest BCUT2D eigenvalue weighted by molar-refractivity contribution is 0.664. The molecule has 148 valence electrons. The Morgan fingerprint density at radius 1 is 0.516 bits per heavy atom. The van der Waals surface area contributed by atoms with Gasteiger partial charge in [0.05, 0.1) is 0 Å². The number of hydrogen-bond donors (Lipinski definition) is 0. The molecule has 5 aromatic carbocycles. The highest BCUT2D eigenvalue weighted by atomic mass is 16.3. The third-order valence-corrected chi connectivity index (χ3v) is 6.61. The van der Waals surface area contributed by atoms with Gasteiger partial charge in [0, 0.05) is 21.5 Å². The van der Waals surface area contributed by atoms with Crippen LogP contribution in [0.4, 0.5) is 0 Å². The molecule has 31 heavy (non-hydrogen) atoms. The predicted molar refractivity (Wildman–Crippen MR) is 130 cm³/mol. The van der Waals surface area contributed by atoms with Crippen LogP contribution < -0.4 is 0 Å². The minimum Gasteiger partial charge on any atom is -0.456 e. The predicted octanol–water partition coefficient (Wildman–Crippen LogP) is 8.66. The summed E-state index contributed by atoms with van der Waals surface area (Å²) in [7, 11) is 0. The SMILES string of the molecule is CCc1ccc2cc3oc4cc5c(cc4c3cc2c1)oc1cc2ccc(C)cc2cc15. The molecule has 0 N–H and O–H groups in total. The zero-order valence-electron chi connectivity index (χ0n) is 17.5. The minimum absolute atomic E-state index is 0.902. The fraction of sp³-hybridized carbons (Fsp3) is 0.103. The van der Waals surface area contributed by atoms with E-state index >= 15 is 0 Å². The van der Waals surface area contributed by atoms with Crippen LogP contribution in [0.2, 0.25) is 0 Å². The average Bonchev–Trinajstić information content (AvgIpc) is 3.30. The molecule has 7 rings (SSSR count). The Hall–Kier alpha value is -3.78. The lowest BCUT2D eigenvalue weighted by Crippen LogP contribution is -1.80. The normalized spacial score (nSPS) is 12.3. The number of aryl methyl sites for hydroxylation is 2. The highest BCUT2D eigenvalue weighted by Crippen LogP contribution is 2.39. The summed E-state index contributed by atoms with van der Waals surface area (Å²) in [6.45, 7) is 4.32. The quantitative estimate of drug-likeness (QED) is 0.275. The first-order chi connectivity index (χ1) is 15.2. The molecular formula is C29H20O2. The molecule has 0 bridgehead atoms. The van der Waals surface area contributed by atoms with Crippen LogP contribution in [-0.4, -0.2) is 0 Å². The lowest BCUT2D eigenvalue weighted by atomic mass is 10.0. The van der Waals surface area contributed by atoms with Crippen LogP contribution in [0.15, 0.2) is 81.6 Å². The first-order valence-electron chi connectivity index (χ1n) is 10.8. The van der Waals surface area contributed by atoms with Gasteiger partial charge in [-0.2, -0.15) is 0 Å². The number of benzene rings is 5. The van der Waals surface area contributed by atoms with E-state index in [1.807, 2.05) is 0 Å². The Labute approximate surface area is 178 Å². The Morgan fingerprint density at radius 3 is 1.65 bits per heavy atom. The highest BCUT2D eigenvalue weighted by molar-refractivity contribution is 6.18. The molecule has 2 heterocycles. The van der Waals surface area contributed by atoms with Gasteiger partial charge in [0.25, 0.3) is 0 Å². The molecule has 0 unspecified atom stereocenters. The van der Waals surface area contributed by atoms with Gasteiger partial charge in [-0.3, -0.25) is 0 Å². The van der Waals surface area contributed by atoms with Crippen molar-refractivity contribution in [1.29, 1.82) is 0 Å². The zero-order valence-corrected chi connectivity index (χ0v) is 17.5. The minimum atomic E-state index is 0.902. The van der Waals surface area contributed by atoms with Gasteiger partial charge >= 0.3 is 0 Å². The van der Waals surface area contributed by atoms with E-state index in [0.717, 1.165) is 50.3 Å². The summed E-state index contributed by atoms with van der Waals surface area (Å²) in [4.78, 5) is 0. The molecule has 0 spiro atoms. The molecule has 2 heteroatoms. The van der Waals surface area contributed by atoms with Crippen LogP contribution in [-0.2, 0) is 6.42 Å². The van der Waals surface area contributed by atoms with Gasteiger partial charge < -0.3 is 8.83 Å². The van der Waals surface area contributed by atoms with Gasteiger partial charge in [0.2, 0.25) is 0 Å². The van der Waals surface area contributed by atoms with Crippen molar-refractivity contribution in [2.45, 2.75) is 20.3 Å². The molecule has 0 aliphatic rings. The third kappa shape index (κ3) is 2.39. The van der Waals surface area contributed by atoms with Crippen LogP contribution in [0, 0.1) is 6.92 Å². The summed E-state index contributed by atoms with van der Waals surface area (Å²) in [5.74, 6) is 0. The van der Waals surface area contributed by atoms with Gasteiger partial charge in [0.15, 0.2) is 0 Å². The van der Waals surface area contributed by atoms with Crippen LogP contribution in [0.25, 0.3) is 65.4 Å². The van der Waals surface area contributed by atoms with E-state index in [1.165, 1.54) is 32.7 Å². The van der Waals surface area contributed by atoms with Crippen molar-refractivity contribution in [3.8, 4) is 0 Å². The standard InChI is InChI=1S/C29H20O2/c1-3-17-5-7-19-13-27-23(11-21(19)9-17)25-15-28-24(14-29(25)31-27)22-10-20-8-16(2)4-6-18(20)12-26(22)30-28/h4-15H,3H2,1-2H3. The summed E-state index contributed by atoms with van der Waals surface area (Å²) < 4.78 is 12.6. The Morgan fingerprint density at radius 2 is 1.03 bits per heavy atom. The fourth-order valence-corrected chi connectivity index (χ4v) is 4.92. The highest BCUT2D eigenvalue weighted by Gasteiger charge is 2.15. The zero-order chi connectivity index (χ0) is 20.7. The van der Waals surface area contributed by atoms with E-state index in [0.29, 0.717) is 0 Å². The molecule has 0 atom stereocenters. The van der Waals surface area contributed by atoms with E-state index in [4.69, 9.17) is 8.83 Å². The van der Waals surface area contributed by atoms with E-state index in [-0.39, 0.29) is 0 Å². The van der Waals surface area contributed by atoms with Crippen molar-refractivity contribution in [3.05, 3.63) is 83.9 Å². The second-order valence-corrected chi connectivity index (χ2v) is 8.63. The van der Waals surface area contributed by atoms with Gasteiger partial charge in [-0.25, -0.2) is 0 Å². The third-order valence-electron chi connectivity index (χ3n) is 6.61. The van der Waals surface area contributed by atoms with E-state index in [9.17, 15) is 0 Å². The molecule has 0 aliphatic heterocycles. The smallest absolute Gasteiger partial charge is 0.136 e. The molecule has 0 amide bonds. The maximum absolute atomic E-state index is 6.31. The second-order valence-electron chi connectivity index (χ2n) is 8.63. The van der Waals surface area contributed by atoms with Gasteiger partial charge in [-0.15, -0.1) is 0 Å². The second kappa shape index (κ2) is 5.89. The Balaban J connectivity index is 1.56. The number of fused-ring (bicyclic) bond motifs is 8. The molecule has 2 nitrogen and oxygen atoms in total. The summed E-state index contributed by atoms with van der Waals surface area (Å²) >= 11 is 0. The van der Waals surface area contributed by atoms with Crippen LogP contribution in [0.5, 0.6) is 0 Å².